The molecule has 0 unspecified atom stereocenters. The third-order valence-corrected chi connectivity index (χ3v) is 6.36. The van der Waals surface area contributed by atoms with E-state index >= 15 is 0 Å². The minimum atomic E-state index is -0.873. The summed E-state index contributed by atoms with van der Waals surface area (Å²) >= 11 is 1.75. The first kappa shape index (κ1) is 14.9. The summed E-state index contributed by atoms with van der Waals surface area (Å²) in [6, 6.07) is 8.29. The minimum Gasteiger partial charge on any atom is -0.259 e. The summed E-state index contributed by atoms with van der Waals surface area (Å²) in [6.07, 6.45) is 5.22. The smallest absolute Gasteiger partial charge is 0.0959 e. The largest absolute Gasteiger partial charge is 0.259 e. The molecule has 0 amide bonds. The summed E-state index contributed by atoms with van der Waals surface area (Å²) in [5.41, 5.74) is 3.39. The topological polar surface area (TPSA) is 30.0 Å². The Balaban J connectivity index is 1.58. The lowest BCUT2D eigenvalue weighted by Gasteiger charge is -2.03. The third-order valence-electron chi connectivity index (χ3n) is 4.03. The molecule has 112 valence electrons. The van der Waals surface area contributed by atoms with Crippen molar-refractivity contribution in [2.24, 2.45) is 0 Å². The first-order chi connectivity index (χ1) is 10.2. The molecule has 1 fully saturated rings. The normalized spacial score (nSPS) is 17.2. The van der Waals surface area contributed by atoms with Crippen molar-refractivity contribution in [3.05, 3.63) is 51.5 Å². The maximum Gasteiger partial charge on any atom is 0.0959 e. The quantitative estimate of drug-likeness (QED) is 0.809. The molecule has 0 aliphatic heterocycles. The molecule has 0 spiro atoms. The fourth-order valence-electron chi connectivity index (χ4n) is 2.84. The summed E-state index contributed by atoms with van der Waals surface area (Å²) < 4.78 is 12.3. The fraction of sp³-hybridized carbons (Fsp3) is 0.471. The molecule has 1 aromatic carbocycles. The summed E-state index contributed by atoms with van der Waals surface area (Å²) in [7, 11) is -0.873. The van der Waals surface area contributed by atoms with E-state index < -0.39 is 10.8 Å². The Morgan fingerprint density at radius 1 is 1.19 bits per heavy atom. The van der Waals surface area contributed by atoms with E-state index in [1.165, 1.54) is 36.3 Å². The van der Waals surface area contributed by atoms with Crippen molar-refractivity contribution >= 4 is 22.1 Å². The highest BCUT2D eigenvalue weighted by Gasteiger charge is 2.20. The van der Waals surface area contributed by atoms with Gasteiger partial charge in [0.2, 0.25) is 0 Å². The predicted molar refractivity (Wildman–Crippen MR) is 90.1 cm³/mol. The Bertz CT molecular complexity index is 612. The van der Waals surface area contributed by atoms with Gasteiger partial charge in [0.15, 0.2) is 0 Å². The van der Waals surface area contributed by atoms with E-state index in [2.05, 4.69) is 36.6 Å². The van der Waals surface area contributed by atoms with Gasteiger partial charge in [-0.25, -0.2) is 4.98 Å². The summed E-state index contributed by atoms with van der Waals surface area (Å²) in [5.74, 6) is 1.86. The lowest BCUT2D eigenvalue weighted by molar-refractivity contribution is 0.681. The van der Waals surface area contributed by atoms with E-state index in [4.69, 9.17) is 4.98 Å². The van der Waals surface area contributed by atoms with Gasteiger partial charge in [0.25, 0.3) is 0 Å². The van der Waals surface area contributed by atoms with Crippen molar-refractivity contribution in [1.29, 1.82) is 0 Å². The Hall–Kier alpha value is -1.00. The monoisotopic (exact) mass is 319 g/mol. The molecule has 0 radical (unpaired) electrons. The Kier molecular flexibility index (Phi) is 4.86. The van der Waals surface area contributed by atoms with Gasteiger partial charge < -0.3 is 0 Å². The molecule has 1 heterocycles. The molecule has 0 bridgehead atoms. The predicted octanol–water partition coefficient (Wildman–Crippen LogP) is 4.56. The maximum absolute atomic E-state index is 12.3. The van der Waals surface area contributed by atoms with Gasteiger partial charge in [-0.05, 0) is 25.3 Å². The van der Waals surface area contributed by atoms with Gasteiger partial charge >= 0.3 is 0 Å². The summed E-state index contributed by atoms with van der Waals surface area (Å²) in [6.45, 7) is 2.07. The highest BCUT2D eigenvalue weighted by molar-refractivity contribution is 7.83. The number of nitrogens with zero attached hydrogens (tertiary/aromatic N) is 1. The summed E-state index contributed by atoms with van der Waals surface area (Å²) in [4.78, 5) is 4.71. The van der Waals surface area contributed by atoms with Crippen LogP contribution in [0.5, 0.6) is 0 Å². The Morgan fingerprint density at radius 3 is 2.62 bits per heavy atom. The van der Waals surface area contributed by atoms with Crippen LogP contribution in [0.15, 0.2) is 29.6 Å². The van der Waals surface area contributed by atoms with Crippen LogP contribution in [0.1, 0.15) is 53.4 Å². The fourth-order valence-corrected chi connectivity index (χ4v) is 5.08. The van der Waals surface area contributed by atoms with Gasteiger partial charge in [0.05, 0.1) is 16.5 Å². The molecule has 1 atom stereocenters. The van der Waals surface area contributed by atoms with Crippen LogP contribution in [-0.2, 0) is 22.3 Å². The van der Waals surface area contributed by atoms with Crippen LogP contribution in [0, 0.1) is 6.92 Å². The molecule has 4 heteroatoms. The van der Waals surface area contributed by atoms with Crippen molar-refractivity contribution in [3.63, 3.8) is 0 Å². The van der Waals surface area contributed by atoms with Crippen LogP contribution >= 0.6 is 11.3 Å². The number of thiazole rings is 1. The number of hydrogen-bond acceptors (Lipinski definition) is 3. The zero-order valence-corrected chi connectivity index (χ0v) is 14.0. The summed E-state index contributed by atoms with van der Waals surface area (Å²) in [5, 5.41) is 3.36. The standard InChI is InChI=1S/C17H21NOS2/c1-13-6-8-14(9-7-13)11-21(19)12-16-10-20-17(18-16)15-4-2-3-5-15/h6-10,15H,2-5,11-12H2,1H3/t21-/m0/s1. The van der Waals surface area contributed by atoms with Crippen molar-refractivity contribution in [2.45, 2.75) is 50.0 Å². The molecule has 2 nitrogen and oxygen atoms in total. The molecule has 2 aromatic rings. The van der Waals surface area contributed by atoms with Gasteiger partial charge in [-0.2, -0.15) is 0 Å². The number of aryl methyl sites for hydroxylation is 1. The average Bonchev–Trinajstić information content (AvgIpc) is 3.12. The van der Waals surface area contributed by atoms with Crippen LogP contribution in [0.2, 0.25) is 0 Å². The second-order valence-corrected chi connectivity index (χ2v) is 8.22. The van der Waals surface area contributed by atoms with E-state index in [-0.39, 0.29) is 0 Å². The van der Waals surface area contributed by atoms with Crippen LogP contribution in [0.3, 0.4) is 0 Å². The molecule has 1 aromatic heterocycles. The van der Waals surface area contributed by atoms with E-state index in [0.717, 1.165) is 11.3 Å². The lowest BCUT2D eigenvalue weighted by Crippen LogP contribution is -2.00. The van der Waals surface area contributed by atoms with Crippen molar-refractivity contribution < 1.29 is 4.21 Å². The average molecular weight is 319 g/mol. The van der Waals surface area contributed by atoms with Crippen LogP contribution < -0.4 is 0 Å². The highest BCUT2D eigenvalue weighted by Crippen LogP contribution is 2.35. The van der Waals surface area contributed by atoms with E-state index in [0.29, 0.717) is 17.4 Å². The molecule has 0 saturated heterocycles. The van der Waals surface area contributed by atoms with Crippen molar-refractivity contribution in [3.8, 4) is 0 Å². The molecule has 1 aliphatic carbocycles. The highest BCUT2D eigenvalue weighted by atomic mass is 32.2. The van der Waals surface area contributed by atoms with Crippen LogP contribution in [0.25, 0.3) is 0 Å². The van der Waals surface area contributed by atoms with Crippen LogP contribution in [-0.4, -0.2) is 9.19 Å². The van der Waals surface area contributed by atoms with Crippen molar-refractivity contribution in [2.75, 3.05) is 0 Å². The Labute approximate surface area is 133 Å². The molecule has 0 N–H and O–H groups in total. The van der Waals surface area contributed by atoms with Gasteiger partial charge in [0.1, 0.15) is 0 Å². The zero-order chi connectivity index (χ0) is 14.7. The van der Waals surface area contributed by atoms with Gasteiger partial charge in [0, 0.05) is 27.9 Å². The first-order valence-electron chi connectivity index (χ1n) is 7.55. The molecule has 1 aliphatic rings. The maximum atomic E-state index is 12.3. The molecule has 1 saturated carbocycles. The van der Waals surface area contributed by atoms with Crippen LogP contribution in [0.4, 0.5) is 0 Å². The zero-order valence-electron chi connectivity index (χ0n) is 12.4. The van der Waals surface area contributed by atoms with Gasteiger partial charge in [-0.1, -0.05) is 42.7 Å². The second-order valence-electron chi connectivity index (χ2n) is 5.87. The molecular weight excluding hydrogens is 298 g/mol. The van der Waals surface area contributed by atoms with Crippen molar-refractivity contribution in [1.82, 2.24) is 4.98 Å². The Morgan fingerprint density at radius 2 is 1.90 bits per heavy atom. The van der Waals surface area contributed by atoms with Gasteiger partial charge in [-0.15, -0.1) is 11.3 Å². The molecular formula is C17H21NOS2. The number of hydrogen-bond donors (Lipinski definition) is 0. The second kappa shape index (κ2) is 6.84. The molecule has 3 rings (SSSR count). The van der Waals surface area contributed by atoms with E-state index in [1.807, 2.05) is 0 Å². The lowest BCUT2D eigenvalue weighted by atomic mass is 10.1. The number of rotatable bonds is 5. The van der Waals surface area contributed by atoms with Gasteiger partial charge in [-0.3, -0.25) is 4.21 Å². The first-order valence-corrected chi connectivity index (χ1v) is 9.92. The van der Waals surface area contributed by atoms with E-state index in [1.54, 1.807) is 11.3 Å². The number of benzene rings is 1. The van der Waals surface area contributed by atoms with E-state index in [9.17, 15) is 4.21 Å². The minimum absolute atomic E-state index is 0.580. The molecule has 21 heavy (non-hydrogen) atoms. The number of aromatic nitrogens is 1. The SMILES string of the molecule is Cc1ccc(C[S@](=O)Cc2csc(C3CCCC3)n2)cc1. The third kappa shape index (κ3) is 4.01.